The highest BCUT2D eigenvalue weighted by Gasteiger charge is 2.21. The zero-order valence-electron chi connectivity index (χ0n) is 17.2. The second kappa shape index (κ2) is 9.44. The van der Waals surface area contributed by atoms with Crippen LogP contribution in [0.3, 0.4) is 0 Å². The van der Waals surface area contributed by atoms with E-state index in [9.17, 15) is 4.79 Å². The Morgan fingerprint density at radius 2 is 1.97 bits per heavy atom. The topological polar surface area (TPSA) is 93.4 Å². The van der Waals surface area contributed by atoms with Gasteiger partial charge >= 0.3 is 0 Å². The van der Waals surface area contributed by atoms with Gasteiger partial charge in [-0.15, -0.1) is 11.8 Å². The van der Waals surface area contributed by atoms with Gasteiger partial charge in [-0.05, 0) is 30.9 Å². The minimum Gasteiger partial charge on any atom is -0.378 e. The summed E-state index contributed by atoms with van der Waals surface area (Å²) in [5.41, 5.74) is 2.31. The molecule has 1 fully saturated rings. The van der Waals surface area contributed by atoms with Crippen molar-refractivity contribution in [1.29, 1.82) is 0 Å². The van der Waals surface area contributed by atoms with Crippen LogP contribution in [0.2, 0.25) is 0 Å². The van der Waals surface area contributed by atoms with Crippen molar-refractivity contribution in [3.63, 3.8) is 0 Å². The highest BCUT2D eigenvalue weighted by atomic mass is 32.2. The lowest BCUT2D eigenvalue weighted by Crippen LogP contribution is -2.37. The number of aromatic nitrogens is 3. The molecule has 0 unspecified atom stereocenters. The first-order chi connectivity index (χ1) is 14.6. The summed E-state index contributed by atoms with van der Waals surface area (Å²) in [4.78, 5) is 24.9. The van der Waals surface area contributed by atoms with Gasteiger partial charge in [0.1, 0.15) is 17.0 Å². The third-order valence-corrected chi connectivity index (χ3v) is 5.81. The van der Waals surface area contributed by atoms with Gasteiger partial charge in [-0.1, -0.05) is 17.3 Å². The zero-order chi connectivity index (χ0) is 20.9. The minimum atomic E-state index is -0.0330. The number of carbonyl (C=O) groups excluding carboxylic acids is 1. The largest absolute Gasteiger partial charge is 0.378 e. The Morgan fingerprint density at radius 3 is 2.70 bits per heavy atom. The Kier molecular flexibility index (Phi) is 6.49. The normalized spacial score (nSPS) is 14.3. The van der Waals surface area contributed by atoms with Gasteiger partial charge in [0.15, 0.2) is 0 Å². The fourth-order valence-electron chi connectivity index (χ4n) is 3.39. The van der Waals surface area contributed by atoms with E-state index in [4.69, 9.17) is 14.2 Å². The molecular weight excluding hydrogens is 402 g/mol. The maximum Gasteiger partial charge on any atom is 0.263 e. The number of thioether (sulfide) groups is 1. The molecule has 0 aliphatic carbocycles. The number of morpholine rings is 1. The summed E-state index contributed by atoms with van der Waals surface area (Å²) >= 11 is 1.70. The number of fused-ring (bicyclic) bond motifs is 1. The molecule has 0 radical (unpaired) electrons. The number of ether oxygens (including phenoxy) is 1. The molecule has 1 aliphatic rings. The fourth-order valence-corrected chi connectivity index (χ4v) is 3.79. The summed E-state index contributed by atoms with van der Waals surface area (Å²) in [7, 11) is 0. The standard InChI is InChI=1S/C21H25N5O3S/c1-14-19-20(26-9-11-28-12-10-26)23-17(24-21(19)29-25-14)7-8-18(27)22-13-15-3-5-16(30-2)6-4-15/h3-6H,7-13H2,1-2H3,(H,22,27). The van der Waals surface area contributed by atoms with Gasteiger partial charge in [0.25, 0.3) is 5.71 Å². The van der Waals surface area contributed by atoms with E-state index in [0.717, 1.165) is 35.6 Å². The van der Waals surface area contributed by atoms with Gasteiger partial charge in [-0.2, -0.15) is 4.98 Å². The lowest BCUT2D eigenvalue weighted by Gasteiger charge is -2.28. The van der Waals surface area contributed by atoms with Crippen molar-refractivity contribution in [1.82, 2.24) is 20.4 Å². The van der Waals surface area contributed by atoms with E-state index in [1.165, 1.54) is 4.90 Å². The number of hydrogen-bond acceptors (Lipinski definition) is 8. The Hall–Kier alpha value is -2.65. The average Bonchev–Trinajstić information content (AvgIpc) is 3.17. The quantitative estimate of drug-likeness (QED) is 0.576. The number of carbonyl (C=O) groups is 1. The van der Waals surface area contributed by atoms with Crippen LogP contribution in [0.5, 0.6) is 0 Å². The van der Waals surface area contributed by atoms with Crippen LogP contribution in [0.15, 0.2) is 33.7 Å². The molecule has 158 valence electrons. The number of benzene rings is 1. The van der Waals surface area contributed by atoms with Crippen LogP contribution >= 0.6 is 11.8 Å². The Bertz CT molecular complexity index is 1020. The molecule has 0 bridgehead atoms. The van der Waals surface area contributed by atoms with Gasteiger partial charge in [-0.25, -0.2) is 4.98 Å². The number of amides is 1. The van der Waals surface area contributed by atoms with E-state index in [-0.39, 0.29) is 5.91 Å². The summed E-state index contributed by atoms with van der Waals surface area (Å²) in [6.45, 7) is 5.22. The van der Waals surface area contributed by atoms with Crippen molar-refractivity contribution >= 4 is 34.6 Å². The van der Waals surface area contributed by atoms with E-state index < -0.39 is 0 Å². The van der Waals surface area contributed by atoms with Gasteiger partial charge in [0, 0.05) is 37.4 Å². The number of aryl methyl sites for hydroxylation is 2. The molecule has 0 atom stereocenters. The van der Waals surface area contributed by atoms with Crippen molar-refractivity contribution in [3.8, 4) is 0 Å². The molecule has 1 aromatic carbocycles. The molecule has 0 saturated carbocycles. The molecule has 9 heteroatoms. The SMILES string of the molecule is CSc1ccc(CNC(=O)CCc2nc(N3CCOCC3)c3c(C)noc3n2)cc1. The molecule has 2 aromatic heterocycles. The molecule has 4 rings (SSSR count). The molecule has 0 spiro atoms. The highest BCUT2D eigenvalue weighted by Crippen LogP contribution is 2.27. The third kappa shape index (κ3) is 4.73. The van der Waals surface area contributed by atoms with Gasteiger partial charge in [0.05, 0.1) is 18.9 Å². The second-order valence-corrected chi connectivity index (χ2v) is 8.02. The van der Waals surface area contributed by atoms with E-state index in [1.54, 1.807) is 11.8 Å². The van der Waals surface area contributed by atoms with Crippen molar-refractivity contribution in [3.05, 3.63) is 41.3 Å². The molecule has 1 amide bonds. The Balaban J connectivity index is 1.41. The smallest absolute Gasteiger partial charge is 0.263 e. The van der Waals surface area contributed by atoms with Crippen molar-refractivity contribution in [2.45, 2.75) is 31.2 Å². The minimum absolute atomic E-state index is 0.0330. The predicted octanol–water partition coefficient (Wildman–Crippen LogP) is 2.73. The van der Waals surface area contributed by atoms with Gasteiger partial charge in [-0.3, -0.25) is 4.79 Å². The molecule has 1 aliphatic heterocycles. The molecule has 1 saturated heterocycles. The average molecular weight is 428 g/mol. The number of nitrogens with one attached hydrogen (secondary N) is 1. The van der Waals surface area contributed by atoms with Crippen molar-refractivity contribution in [2.24, 2.45) is 0 Å². The van der Waals surface area contributed by atoms with Crippen LogP contribution in [0.25, 0.3) is 11.1 Å². The second-order valence-electron chi connectivity index (χ2n) is 7.14. The van der Waals surface area contributed by atoms with Gasteiger partial charge in [0.2, 0.25) is 5.91 Å². The summed E-state index contributed by atoms with van der Waals surface area (Å²) in [6, 6.07) is 8.18. The molecule has 30 heavy (non-hydrogen) atoms. The maximum absolute atomic E-state index is 12.3. The highest BCUT2D eigenvalue weighted by molar-refractivity contribution is 7.98. The Labute approximate surface area is 179 Å². The summed E-state index contributed by atoms with van der Waals surface area (Å²) in [6.07, 6.45) is 2.79. The van der Waals surface area contributed by atoms with Gasteiger partial charge < -0.3 is 19.5 Å². The maximum atomic E-state index is 12.3. The van der Waals surface area contributed by atoms with Crippen LogP contribution < -0.4 is 10.2 Å². The molecular formula is C21H25N5O3S. The molecule has 3 heterocycles. The van der Waals surface area contributed by atoms with E-state index in [0.29, 0.717) is 44.1 Å². The zero-order valence-corrected chi connectivity index (χ0v) is 18.0. The lowest BCUT2D eigenvalue weighted by molar-refractivity contribution is -0.121. The van der Waals surface area contributed by atoms with Crippen LogP contribution in [-0.2, 0) is 22.5 Å². The van der Waals surface area contributed by atoms with Crippen LogP contribution in [0.4, 0.5) is 5.82 Å². The fraction of sp³-hybridized carbons (Fsp3) is 0.429. The van der Waals surface area contributed by atoms with Crippen LogP contribution in [0, 0.1) is 6.92 Å². The van der Waals surface area contributed by atoms with Crippen LogP contribution in [0.1, 0.15) is 23.5 Å². The molecule has 1 N–H and O–H groups in total. The number of nitrogens with zero attached hydrogens (tertiary/aromatic N) is 4. The molecule has 8 nitrogen and oxygen atoms in total. The van der Waals surface area contributed by atoms with Crippen molar-refractivity contribution < 1.29 is 14.1 Å². The summed E-state index contributed by atoms with van der Waals surface area (Å²) in [5.74, 6) is 1.36. The lowest BCUT2D eigenvalue weighted by atomic mass is 10.2. The summed E-state index contributed by atoms with van der Waals surface area (Å²) < 4.78 is 10.8. The van der Waals surface area contributed by atoms with E-state index in [1.807, 2.05) is 25.3 Å². The predicted molar refractivity (Wildman–Crippen MR) is 116 cm³/mol. The van der Waals surface area contributed by atoms with Crippen LogP contribution in [-0.4, -0.2) is 53.6 Å². The Morgan fingerprint density at radius 1 is 1.20 bits per heavy atom. The van der Waals surface area contributed by atoms with E-state index in [2.05, 4.69) is 32.5 Å². The first kappa shape index (κ1) is 20.6. The number of hydrogen-bond donors (Lipinski definition) is 1. The van der Waals surface area contributed by atoms with E-state index >= 15 is 0 Å². The number of anilines is 1. The first-order valence-corrected chi connectivity index (χ1v) is 11.2. The summed E-state index contributed by atoms with van der Waals surface area (Å²) in [5, 5.41) is 7.84. The monoisotopic (exact) mass is 427 g/mol. The molecule has 3 aromatic rings. The van der Waals surface area contributed by atoms with Crippen molar-refractivity contribution in [2.75, 3.05) is 37.5 Å². The number of rotatable bonds is 7. The first-order valence-electron chi connectivity index (χ1n) is 9.99. The third-order valence-electron chi connectivity index (χ3n) is 5.07.